The Balaban J connectivity index is 2.59. The van der Waals surface area contributed by atoms with Crippen molar-refractivity contribution in [2.45, 2.75) is 26.7 Å². The Morgan fingerprint density at radius 1 is 1.57 bits per heavy atom. The number of pyridine rings is 1. The molecule has 0 unspecified atom stereocenters. The average molecular weight is 191 g/mol. The third-order valence-corrected chi connectivity index (χ3v) is 1.98. The van der Waals surface area contributed by atoms with Crippen LogP contribution in [-0.2, 0) is 0 Å². The van der Waals surface area contributed by atoms with Crippen molar-refractivity contribution < 1.29 is 4.74 Å². The summed E-state index contributed by atoms with van der Waals surface area (Å²) in [4.78, 5) is 4.13. The van der Waals surface area contributed by atoms with E-state index < -0.39 is 0 Å². The van der Waals surface area contributed by atoms with Gasteiger partial charge in [0.05, 0.1) is 6.61 Å². The van der Waals surface area contributed by atoms with Crippen molar-refractivity contribution in [2.24, 2.45) is 0 Å². The summed E-state index contributed by atoms with van der Waals surface area (Å²) in [7, 11) is 0. The van der Waals surface area contributed by atoms with Crippen molar-refractivity contribution in [2.75, 3.05) is 6.61 Å². The normalized spacial score (nSPS) is 9.86. The van der Waals surface area contributed by atoms with Crippen molar-refractivity contribution in [1.29, 1.82) is 0 Å². The number of rotatable bonds is 5. The van der Waals surface area contributed by atoms with E-state index in [1.807, 2.05) is 19.1 Å². The van der Waals surface area contributed by atoms with Crippen LogP contribution in [0, 0.1) is 0 Å². The van der Waals surface area contributed by atoms with Crippen LogP contribution >= 0.6 is 0 Å². The summed E-state index contributed by atoms with van der Waals surface area (Å²) in [6.07, 6.45) is 3.96. The van der Waals surface area contributed by atoms with Crippen LogP contribution in [0.1, 0.15) is 32.3 Å². The number of nitrogens with zero attached hydrogens (tertiary/aromatic N) is 1. The van der Waals surface area contributed by atoms with Crippen molar-refractivity contribution >= 4 is 5.57 Å². The molecule has 0 aliphatic carbocycles. The Hall–Kier alpha value is -1.31. The molecule has 1 rings (SSSR count). The monoisotopic (exact) mass is 191 g/mol. The molecule has 0 amide bonds. The number of hydrogen-bond donors (Lipinski definition) is 0. The molecule has 0 aromatic carbocycles. The molecule has 14 heavy (non-hydrogen) atoms. The van der Waals surface area contributed by atoms with Crippen molar-refractivity contribution in [3.63, 3.8) is 0 Å². The van der Waals surface area contributed by atoms with Gasteiger partial charge in [-0.25, -0.2) is 4.98 Å². The van der Waals surface area contributed by atoms with Crippen LogP contribution in [-0.4, -0.2) is 11.6 Å². The molecule has 0 aliphatic heterocycles. The SMILES string of the molecule is C=C(C)c1ccnc(OCCCC)c1. The fourth-order valence-corrected chi connectivity index (χ4v) is 1.07. The molecular formula is C12H17NO. The molecular weight excluding hydrogens is 174 g/mol. The third-order valence-electron chi connectivity index (χ3n) is 1.98. The Morgan fingerprint density at radius 2 is 2.36 bits per heavy atom. The van der Waals surface area contributed by atoms with Gasteiger partial charge in [0.25, 0.3) is 0 Å². The van der Waals surface area contributed by atoms with Gasteiger partial charge < -0.3 is 4.74 Å². The minimum absolute atomic E-state index is 0.693. The van der Waals surface area contributed by atoms with E-state index in [4.69, 9.17) is 4.74 Å². The predicted molar refractivity (Wildman–Crippen MR) is 59.3 cm³/mol. The maximum atomic E-state index is 5.48. The molecule has 0 atom stereocenters. The first-order chi connectivity index (χ1) is 6.74. The molecule has 0 fully saturated rings. The second kappa shape index (κ2) is 5.43. The van der Waals surface area contributed by atoms with E-state index in [2.05, 4.69) is 18.5 Å². The predicted octanol–water partition coefficient (Wildman–Crippen LogP) is 3.29. The lowest BCUT2D eigenvalue weighted by atomic mass is 10.1. The maximum Gasteiger partial charge on any atom is 0.213 e. The Morgan fingerprint density at radius 3 is 3.00 bits per heavy atom. The molecule has 76 valence electrons. The molecule has 0 aliphatic rings. The molecule has 0 radical (unpaired) electrons. The first-order valence-electron chi connectivity index (χ1n) is 4.98. The largest absolute Gasteiger partial charge is 0.478 e. The second-order valence-electron chi connectivity index (χ2n) is 3.37. The van der Waals surface area contributed by atoms with E-state index in [9.17, 15) is 0 Å². The van der Waals surface area contributed by atoms with E-state index in [1.165, 1.54) is 0 Å². The summed E-state index contributed by atoms with van der Waals surface area (Å²) in [5.41, 5.74) is 2.12. The van der Waals surface area contributed by atoms with Gasteiger partial charge >= 0.3 is 0 Å². The fourth-order valence-electron chi connectivity index (χ4n) is 1.07. The fraction of sp³-hybridized carbons (Fsp3) is 0.417. The van der Waals surface area contributed by atoms with Crippen molar-refractivity contribution in [3.05, 3.63) is 30.5 Å². The van der Waals surface area contributed by atoms with Crippen molar-refractivity contribution in [3.8, 4) is 5.88 Å². The molecule has 1 aromatic heterocycles. The van der Waals surface area contributed by atoms with Crippen molar-refractivity contribution in [1.82, 2.24) is 4.98 Å². The van der Waals surface area contributed by atoms with Gasteiger partial charge in [-0.15, -0.1) is 0 Å². The summed E-state index contributed by atoms with van der Waals surface area (Å²) in [6, 6.07) is 3.87. The molecule has 2 heteroatoms. The zero-order valence-corrected chi connectivity index (χ0v) is 8.92. The van der Waals surface area contributed by atoms with Crippen LogP contribution in [0.25, 0.3) is 5.57 Å². The van der Waals surface area contributed by atoms with Gasteiger partial charge in [-0.2, -0.15) is 0 Å². The second-order valence-corrected chi connectivity index (χ2v) is 3.37. The quantitative estimate of drug-likeness (QED) is 0.666. The highest BCUT2D eigenvalue weighted by atomic mass is 16.5. The smallest absolute Gasteiger partial charge is 0.213 e. The standard InChI is InChI=1S/C12H17NO/c1-4-5-8-14-12-9-11(10(2)3)6-7-13-12/h6-7,9H,2,4-5,8H2,1,3H3. The summed E-state index contributed by atoms with van der Waals surface area (Å²) in [5.74, 6) is 0.693. The van der Waals surface area contributed by atoms with Crippen LogP contribution in [0.3, 0.4) is 0 Å². The van der Waals surface area contributed by atoms with Gasteiger partial charge in [0.1, 0.15) is 0 Å². The van der Waals surface area contributed by atoms with E-state index in [0.717, 1.165) is 30.6 Å². The number of allylic oxidation sites excluding steroid dienone is 1. The van der Waals surface area contributed by atoms with Gasteiger partial charge in [-0.3, -0.25) is 0 Å². The Bertz CT molecular complexity index is 307. The zero-order chi connectivity index (χ0) is 10.4. The first kappa shape index (κ1) is 10.8. The lowest BCUT2D eigenvalue weighted by Gasteiger charge is -2.05. The third kappa shape index (κ3) is 3.21. The lowest BCUT2D eigenvalue weighted by Crippen LogP contribution is -1.98. The first-order valence-corrected chi connectivity index (χ1v) is 4.98. The van der Waals surface area contributed by atoms with E-state index in [0.29, 0.717) is 5.88 Å². The number of hydrogen-bond acceptors (Lipinski definition) is 2. The molecule has 0 spiro atoms. The van der Waals surface area contributed by atoms with Gasteiger partial charge in [0.15, 0.2) is 0 Å². The Labute approximate surface area is 85.6 Å². The average Bonchev–Trinajstić information content (AvgIpc) is 2.19. The summed E-state index contributed by atoms with van der Waals surface area (Å²) >= 11 is 0. The lowest BCUT2D eigenvalue weighted by molar-refractivity contribution is 0.297. The van der Waals surface area contributed by atoms with Gasteiger partial charge in [-0.1, -0.05) is 25.5 Å². The topological polar surface area (TPSA) is 22.1 Å². The molecule has 0 N–H and O–H groups in total. The van der Waals surface area contributed by atoms with E-state index in [1.54, 1.807) is 6.20 Å². The highest BCUT2D eigenvalue weighted by Crippen LogP contribution is 2.15. The Kier molecular flexibility index (Phi) is 4.17. The number of unbranched alkanes of at least 4 members (excludes halogenated alkanes) is 1. The van der Waals surface area contributed by atoms with Gasteiger partial charge in [-0.05, 0) is 25.0 Å². The van der Waals surface area contributed by atoms with E-state index in [-0.39, 0.29) is 0 Å². The van der Waals surface area contributed by atoms with Crippen LogP contribution in [0.4, 0.5) is 0 Å². The van der Waals surface area contributed by atoms with Crippen LogP contribution < -0.4 is 4.74 Å². The van der Waals surface area contributed by atoms with E-state index >= 15 is 0 Å². The summed E-state index contributed by atoms with van der Waals surface area (Å²) in [5, 5.41) is 0. The minimum Gasteiger partial charge on any atom is -0.478 e. The molecule has 0 bridgehead atoms. The number of aromatic nitrogens is 1. The van der Waals surface area contributed by atoms with Gasteiger partial charge in [0.2, 0.25) is 5.88 Å². The molecule has 2 nitrogen and oxygen atoms in total. The van der Waals surface area contributed by atoms with Crippen LogP contribution in [0.5, 0.6) is 5.88 Å². The minimum atomic E-state index is 0.693. The highest BCUT2D eigenvalue weighted by Gasteiger charge is 1.98. The molecule has 1 heterocycles. The summed E-state index contributed by atoms with van der Waals surface area (Å²) < 4.78 is 5.48. The van der Waals surface area contributed by atoms with Crippen LogP contribution in [0.15, 0.2) is 24.9 Å². The summed E-state index contributed by atoms with van der Waals surface area (Å²) in [6.45, 7) is 8.74. The number of ether oxygens (including phenoxy) is 1. The molecule has 0 saturated carbocycles. The zero-order valence-electron chi connectivity index (χ0n) is 8.92. The van der Waals surface area contributed by atoms with Crippen LogP contribution in [0.2, 0.25) is 0 Å². The maximum absolute atomic E-state index is 5.48. The highest BCUT2D eigenvalue weighted by molar-refractivity contribution is 5.61. The molecule has 0 saturated heterocycles. The molecule has 1 aromatic rings. The van der Waals surface area contributed by atoms with Gasteiger partial charge in [0, 0.05) is 12.3 Å².